The molecule has 0 atom stereocenters. The number of aromatic amines is 1. The molecule has 0 aliphatic rings. The summed E-state index contributed by atoms with van der Waals surface area (Å²) in [6, 6.07) is 12.2. The Morgan fingerprint density at radius 2 is 2.07 bits per heavy atom. The highest BCUT2D eigenvalue weighted by atomic mass is 32.2. The Labute approximate surface area is 167 Å². The lowest BCUT2D eigenvalue weighted by molar-refractivity contribution is 0.102. The summed E-state index contributed by atoms with van der Waals surface area (Å²) >= 11 is 1.35. The first-order valence-corrected chi connectivity index (χ1v) is 10.2. The fourth-order valence-electron chi connectivity index (χ4n) is 3.32. The number of hydrogen-bond acceptors (Lipinski definition) is 5. The molecule has 0 unspecified atom stereocenters. The van der Waals surface area contributed by atoms with Crippen molar-refractivity contribution in [1.82, 2.24) is 25.2 Å². The summed E-state index contributed by atoms with van der Waals surface area (Å²) in [5.41, 5.74) is 6.10. The summed E-state index contributed by atoms with van der Waals surface area (Å²) in [6.45, 7) is 6.17. The van der Waals surface area contributed by atoms with E-state index >= 15 is 0 Å². The van der Waals surface area contributed by atoms with E-state index in [1.807, 2.05) is 38.1 Å². The molecule has 1 N–H and O–H groups in total. The number of hydrogen-bond donors (Lipinski definition) is 1. The Hall–Kier alpha value is -2.93. The van der Waals surface area contributed by atoms with Crippen LogP contribution in [0.25, 0.3) is 16.6 Å². The molecular formula is C21H21N5OS. The molecule has 0 radical (unpaired) electrons. The SMILES string of the molecule is CCc1cccc2c(C(=O)CSc3nnnn3-c3cc(C)ccc3C)c[nH]c12. The number of tetrazole rings is 1. The molecule has 0 fully saturated rings. The van der Waals surface area contributed by atoms with Crippen molar-refractivity contribution in [3.8, 4) is 5.69 Å². The van der Waals surface area contributed by atoms with Crippen molar-refractivity contribution < 1.29 is 4.79 Å². The van der Waals surface area contributed by atoms with Crippen molar-refractivity contribution in [2.75, 3.05) is 5.75 Å². The molecule has 0 saturated heterocycles. The highest BCUT2D eigenvalue weighted by Gasteiger charge is 2.17. The first-order chi connectivity index (χ1) is 13.6. The number of Topliss-reactive ketones (excluding diaryl/α,β-unsaturated/α-hetero) is 1. The van der Waals surface area contributed by atoms with Gasteiger partial charge in [0.2, 0.25) is 5.16 Å². The molecular weight excluding hydrogens is 370 g/mol. The van der Waals surface area contributed by atoms with Gasteiger partial charge in [-0.25, -0.2) is 0 Å². The Balaban J connectivity index is 1.57. The molecule has 0 aliphatic heterocycles. The second kappa shape index (κ2) is 7.59. The first kappa shape index (κ1) is 18.4. The molecule has 0 amide bonds. The van der Waals surface area contributed by atoms with Crippen molar-refractivity contribution in [2.24, 2.45) is 0 Å². The molecule has 0 saturated carbocycles. The van der Waals surface area contributed by atoms with Crippen LogP contribution in [0.2, 0.25) is 0 Å². The van der Waals surface area contributed by atoms with E-state index in [0.29, 0.717) is 10.7 Å². The zero-order chi connectivity index (χ0) is 19.7. The van der Waals surface area contributed by atoms with E-state index in [0.717, 1.165) is 34.1 Å². The van der Waals surface area contributed by atoms with Crippen LogP contribution in [-0.4, -0.2) is 36.7 Å². The Kier molecular flexibility index (Phi) is 5.00. The second-order valence-electron chi connectivity index (χ2n) is 6.77. The number of carbonyl (C=O) groups is 1. The monoisotopic (exact) mass is 391 g/mol. The average molecular weight is 392 g/mol. The lowest BCUT2D eigenvalue weighted by atomic mass is 10.1. The minimum Gasteiger partial charge on any atom is -0.360 e. The van der Waals surface area contributed by atoms with Gasteiger partial charge in [-0.05, 0) is 53.5 Å². The van der Waals surface area contributed by atoms with Crippen LogP contribution in [0.15, 0.2) is 47.8 Å². The van der Waals surface area contributed by atoms with Crippen molar-refractivity contribution in [2.45, 2.75) is 32.3 Å². The normalized spacial score (nSPS) is 11.2. The van der Waals surface area contributed by atoms with Gasteiger partial charge in [-0.3, -0.25) is 4.79 Å². The maximum Gasteiger partial charge on any atom is 0.214 e. The number of nitrogens with one attached hydrogen (secondary N) is 1. The predicted molar refractivity (Wildman–Crippen MR) is 111 cm³/mol. The number of ketones is 1. The van der Waals surface area contributed by atoms with Gasteiger partial charge in [0, 0.05) is 22.7 Å². The van der Waals surface area contributed by atoms with Crippen LogP contribution in [0.1, 0.15) is 34.0 Å². The van der Waals surface area contributed by atoms with Crippen molar-refractivity contribution in [1.29, 1.82) is 0 Å². The van der Waals surface area contributed by atoms with Gasteiger partial charge in [-0.2, -0.15) is 4.68 Å². The van der Waals surface area contributed by atoms with E-state index in [-0.39, 0.29) is 11.5 Å². The number of H-pyrrole nitrogens is 1. The number of aryl methyl sites for hydroxylation is 3. The van der Waals surface area contributed by atoms with E-state index < -0.39 is 0 Å². The number of aromatic nitrogens is 5. The van der Waals surface area contributed by atoms with Gasteiger partial charge in [-0.1, -0.05) is 49.0 Å². The van der Waals surface area contributed by atoms with E-state index in [1.54, 1.807) is 10.9 Å². The quantitative estimate of drug-likeness (QED) is 0.392. The van der Waals surface area contributed by atoms with Gasteiger partial charge in [0.25, 0.3) is 0 Å². The number of carbonyl (C=O) groups excluding carboxylic acids is 1. The molecule has 4 rings (SSSR count). The van der Waals surface area contributed by atoms with Crippen LogP contribution in [0.3, 0.4) is 0 Å². The van der Waals surface area contributed by atoms with Gasteiger partial charge < -0.3 is 4.98 Å². The molecule has 7 heteroatoms. The van der Waals surface area contributed by atoms with Gasteiger partial charge in [-0.15, -0.1) is 5.10 Å². The largest absolute Gasteiger partial charge is 0.360 e. The highest BCUT2D eigenvalue weighted by molar-refractivity contribution is 7.99. The van der Waals surface area contributed by atoms with Crippen LogP contribution >= 0.6 is 11.8 Å². The smallest absolute Gasteiger partial charge is 0.214 e. The van der Waals surface area contributed by atoms with Crippen molar-refractivity contribution in [3.05, 3.63) is 64.8 Å². The number of nitrogens with zero attached hydrogens (tertiary/aromatic N) is 4. The van der Waals surface area contributed by atoms with E-state index in [1.165, 1.54) is 17.3 Å². The minimum absolute atomic E-state index is 0.0556. The summed E-state index contributed by atoms with van der Waals surface area (Å²) in [5, 5.41) is 13.6. The Morgan fingerprint density at radius 1 is 1.21 bits per heavy atom. The Morgan fingerprint density at radius 3 is 2.89 bits per heavy atom. The molecule has 0 aliphatic carbocycles. The van der Waals surface area contributed by atoms with Crippen LogP contribution < -0.4 is 0 Å². The first-order valence-electron chi connectivity index (χ1n) is 9.19. The summed E-state index contributed by atoms with van der Waals surface area (Å²) in [4.78, 5) is 16.1. The van der Waals surface area contributed by atoms with Gasteiger partial charge in [0.1, 0.15) is 0 Å². The second-order valence-corrected chi connectivity index (χ2v) is 7.71. The zero-order valence-electron chi connectivity index (χ0n) is 16.1. The van der Waals surface area contributed by atoms with Crippen molar-refractivity contribution >= 4 is 28.4 Å². The van der Waals surface area contributed by atoms with Crippen LogP contribution in [-0.2, 0) is 6.42 Å². The van der Waals surface area contributed by atoms with Crippen molar-refractivity contribution in [3.63, 3.8) is 0 Å². The zero-order valence-corrected chi connectivity index (χ0v) is 16.9. The van der Waals surface area contributed by atoms with E-state index in [9.17, 15) is 4.79 Å². The van der Waals surface area contributed by atoms with E-state index in [4.69, 9.17) is 0 Å². The summed E-state index contributed by atoms with van der Waals surface area (Å²) in [7, 11) is 0. The topological polar surface area (TPSA) is 76.5 Å². The summed E-state index contributed by atoms with van der Waals surface area (Å²) in [6.07, 6.45) is 2.73. The lowest BCUT2D eigenvalue weighted by Crippen LogP contribution is -2.05. The fourth-order valence-corrected chi connectivity index (χ4v) is 4.09. The Bertz CT molecular complexity index is 1160. The summed E-state index contributed by atoms with van der Waals surface area (Å²) < 4.78 is 1.70. The minimum atomic E-state index is 0.0556. The predicted octanol–water partition coefficient (Wildman–Crippen LogP) is 4.30. The van der Waals surface area contributed by atoms with Gasteiger partial charge >= 0.3 is 0 Å². The maximum atomic E-state index is 12.9. The third-order valence-electron chi connectivity index (χ3n) is 4.85. The summed E-state index contributed by atoms with van der Waals surface area (Å²) in [5.74, 6) is 0.328. The van der Waals surface area contributed by atoms with Gasteiger partial charge in [0.15, 0.2) is 5.78 Å². The third-order valence-corrected chi connectivity index (χ3v) is 5.77. The molecule has 6 nitrogen and oxygen atoms in total. The molecule has 0 spiro atoms. The molecule has 2 aromatic heterocycles. The molecule has 0 bridgehead atoms. The molecule has 4 aromatic rings. The number of thioether (sulfide) groups is 1. The maximum absolute atomic E-state index is 12.9. The lowest BCUT2D eigenvalue weighted by Gasteiger charge is -2.08. The third kappa shape index (κ3) is 3.33. The average Bonchev–Trinajstić information content (AvgIpc) is 3.34. The molecule has 28 heavy (non-hydrogen) atoms. The van der Waals surface area contributed by atoms with Crippen LogP contribution in [0.5, 0.6) is 0 Å². The van der Waals surface area contributed by atoms with Gasteiger partial charge in [0.05, 0.1) is 11.4 Å². The molecule has 2 heterocycles. The van der Waals surface area contributed by atoms with E-state index in [2.05, 4.69) is 39.6 Å². The number of rotatable bonds is 6. The highest BCUT2D eigenvalue weighted by Crippen LogP contribution is 2.26. The number of para-hydroxylation sites is 1. The fraction of sp³-hybridized carbons (Fsp3) is 0.238. The molecule has 142 valence electrons. The molecule has 2 aromatic carbocycles. The standard InChI is InChI=1S/C21H21N5OS/c1-4-15-6-5-7-16-17(11-22-20(15)16)19(27)12-28-21-23-24-25-26(21)18-10-13(2)8-9-14(18)3/h5-11,22H,4,12H2,1-3H3. The number of fused-ring (bicyclic) bond motifs is 1. The number of benzene rings is 2. The van der Waals surface area contributed by atoms with Crippen LogP contribution in [0.4, 0.5) is 0 Å². The van der Waals surface area contributed by atoms with Crippen LogP contribution in [0, 0.1) is 13.8 Å².